The monoisotopic (exact) mass is 455 g/mol. The highest BCUT2D eigenvalue weighted by atomic mass is 32.2. The summed E-state index contributed by atoms with van der Waals surface area (Å²) in [5.74, 6) is 0.176. The Morgan fingerprint density at radius 3 is 2.31 bits per heavy atom. The van der Waals surface area contributed by atoms with Crippen molar-refractivity contribution >= 4 is 15.9 Å². The third-order valence-electron chi connectivity index (χ3n) is 6.66. The molecule has 2 aromatic rings. The number of benzene rings is 2. The molecule has 172 valence electrons. The van der Waals surface area contributed by atoms with Crippen LogP contribution in [0.5, 0.6) is 0 Å². The van der Waals surface area contributed by atoms with E-state index in [1.54, 1.807) is 12.1 Å². The highest BCUT2D eigenvalue weighted by molar-refractivity contribution is 7.89. The summed E-state index contributed by atoms with van der Waals surface area (Å²) in [4.78, 5) is 17.5. The molecule has 2 aromatic carbocycles. The Labute approximate surface area is 191 Å². The summed E-state index contributed by atoms with van der Waals surface area (Å²) < 4.78 is 27.3. The SMILES string of the molecule is Cc1ccc(S(=O)(=O)N2CCN(CC(=O)N3CCCC3CCc3ccccc3)CC2)cc1. The molecule has 0 N–H and O–H groups in total. The number of hydrogen-bond donors (Lipinski definition) is 0. The van der Waals surface area contributed by atoms with Gasteiger partial charge in [0, 0.05) is 38.8 Å². The van der Waals surface area contributed by atoms with Gasteiger partial charge in [-0.15, -0.1) is 0 Å². The lowest BCUT2D eigenvalue weighted by Gasteiger charge is -2.35. The van der Waals surface area contributed by atoms with Gasteiger partial charge < -0.3 is 4.90 Å². The molecule has 4 rings (SSSR count). The molecular formula is C25H33N3O3S. The van der Waals surface area contributed by atoms with E-state index < -0.39 is 10.0 Å². The number of hydrogen-bond acceptors (Lipinski definition) is 4. The number of piperazine rings is 1. The fourth-order valence-electron chi connectivity index (χ4n) is 4.71. The molecule has 6 nitrogen and oxygen atoms in total. The van der Waals surface area contributed by atoms with Crippen LogP contribution < -0.4 is 0 Å². The first-order valence-electron chi connectivity index (χ1n) is 11.6. The Hall–Kier alpha value is -2.22. The van der Waals surface area contributed by atoms with Crippen molar-refractivity contribution in [2.24, 2.45) is 0 Å². The van der Waals surface area contributed by atoms with Crippen LogP contribution in [-0.2, 0) is 21.2 Å². The maximum Gasteiger partial charge on any atom is 0.243 e. The van der Waals surface area contributed by atoms with Gasteiger partial charge in [0.05, 0.1) is 11.4 Å². The summed E-state index contributed by atoms with van der Waals surface area (Å²) >= 11 is 0. The van der Waals surface area contributed by atoms with E-state index in [4.69, 9.17) is 0 Å². The molecule has 0 spiro atoms. The van der Waals surface area contributed by atoms with Crippen LogP contribution in [0.4, 0.5) is 0 Å². The first kappa shape index (κ1) is 23.0. The van der Waals surface area contributed by atoms with Crippen LogP contribution in [0.25, 0.3) is 0 Å². The normalized spacial score (nSPS) is 20.5. The second kappa shape index (κ2) is 10.1. The number of aryl methyl sites for hydroxylation is 2. The molecule has 2 fully saturated rings. The number of carbonyl (C=O) groups excluding carboxylic acids is 1. The highest BCUT2D eigenvalue weighted by Crippen LogP contribution is 2.23. The van der Waals surface area contributed by atoms with Crippen LogP contribution >= 0.6 is 0 Å². The molecule has 2 heterocycles. The molecule has 1 unspecified atom stereocenters. The average molecular weight is 456 g/mol. The molecule has 0 bridgehead atoms. The molecule has 2 saturated heterocycles. The summed E-state index contributed by atoms with van der Waals surface area (Å²) in [5.41, 5.74) is 2.36. The summed E-state index contributed by atoms with van der Waals surface area (Å²) in [6.45, 7) is 5.15. The van der Waals surface area contributed by atoms with Gasteiger partial charge in [-0.1, -0.05) is 48.0 Å². The minimum atomic E-state index is -3.48. The van der Waals surface area contributed by atoms with E-state index in [1.165, 1.54) is 9.87 Å². The van der Waals surface area contributed by atoms with Crippen molar-refractivity contribution in [3.05, 3.63) is 65.7 Å². The van der Waals surface area contributed by atoms with Crippen molar-refractivity contribution in [3.63, 3.8) is 0 Å². The quantitative estimate of drug-likeness (QED) is 0.644. The number of carbonyl (C=O) groups is 1. The van der Waals surface area contributed by atoms with Crippen molar-refractivity contribution in [3.8, 4) is 0 Å². The van der Waals surface area contributed by atoms with Crippen LogP contribution in [0.15, 0.2) is 59.5 Å². The standard InChI is InChI=1S/C25H33N3O3S/c1-21-9-13-24(14-10-21)32(30,31)27-18-16-26(17-19-27)20-25(29)28-15-5-8-23(28)12-11-22-6-3-2-4-7-22/h2-4,6-7,9-10,13-14,23H,5,8,11-12,15-20H2,1H3. The molecular weight excluding hydrogens is 422 g/mol. The van der Waals surface area contributed by atoms with Crippen molar-refractivity contribution in [2.75, 3.05) is 39.3 Å². The lowest BCUT2D eigenvalue weighted by atomic mass is 10.0. The smallest absolute Gasteiger partial charge is 0.243 e. The molecule has 7 heteroatoms. The van der Waals surface area contributed by atoms with Gasteiger partial charge in [0.15, 0.2) is 0 Å². The minimum Gasteiger partial charge on any atom is -0.339 e. The molecule has 2 aliphatic rings. The zero-order valence-electron chi connectivity index (χ0n) is 18.8. The molecule has 32 heavy (non-hydrogen) atoms. The van der Waals surface area contributed by atoms with Gasteiger partial charge in [0.1, 0.15) is 0 Å². The van der Waals surface area contributed by atoms with E-state index in [0.29, 0.717) is 43.7 Å². The first-order valence-corrected chi connectivity index (χ1v) is 13.0. The predicted octanol–water partition coefficient (Wildman–Crippen LogP) is 2.93. The van der Waals surface area contributed by atoms with Gasteiger partial charge in [-0.2, -0.15) is 4.31 Å². The van der Waals surface area contributed by atoms with Crippen molar-refractivity contribution in [1.82, 2.24) is 14.1 Å². The number of likely N-dealkylation sites (tertiary alicyclic amines) is 1. The van der Waals surface area contributed by atoms with Gasteiger partial charge in [0.25, 0.3) is 0 Å². The molecule has 0 radical (unpaired) electrons. The lowest BCUT2D eigenvalue weighted by molar-refractivity contribution is -0.133. The summed E-state index contributed by atoms with van der Waals surface area (Å²) in [5, 5.41) is 0. The van der Waals surface area contributed by atoms with Crippen LogP contribution in [0.3, 0.4) is 0 Å². The second-order valence-corrected chi connectivity index (χ2v) is 10.8. The highest BCUT2D eigenvalue weighted by Gasteiger charge is 2.32. The Morgan fingerprint density at radius 2 is 1.62 bits per heavy atom. The molecule has 1 atom stereocenters. The Balaban J connectivity index is 1.28. The predicted molar refractivity (Wildman–Crippen MR) is 126 cm³/mol. The molecule has 0 aliphatic carbocycles. The van der Waals surface area contributed by atoms with Gasteiger partial charge in [-0.3, -0.25) is 9.69 Å². The van der Waals surface area contributed by atoms with Crippen LogP contribution in [-0.4, -0.2) is 73.7 Å². The minimum absolute atomic E-state index is 0.176. The van der Waals surface area contributed by atoms with Gasteiger partial charge in [0.2, 0.25) is 15.9 Å². The first-order chi connectivity index (χ1) is 15.4. The topological polar surface area (TPSA) is 60.9 Å². The van der Waals surface area contributed by atoms with E-state index in [1.807, 2.05) is 25.1 Å². The maximum atomic E-state index is 13.0. The largest absolute Gasteiger partial charge is 0.339 e. The number of amides is 1. The van der Waals surface area contributed by atoms with Crippen LogP contribution in [0.2, 0.25) is 0 Å². The summed E-state index contributed by atoms with van der Waals surface area (Å²) in [6, 6.07) is 17.7. The average Bonchev–Trinajstić information content (AvgIpc) is 3.28. The molecule has 2 aliphatic heterocycles. The number of nitrogens with zero attached hydrogens (tertiary/aromatic N) is 3. The number of sulfonamides is 1. The van der Waals surface area contributed by atoms with Crippen LogP contribution in [0, 0.1) is 6.92 Å². The van der Waals surface area contributed by atoms with Crippen LogP contribution in [0.1, 0.15) is 30.4 Å². The van der Waals surface area contributed by atoms with E-state index in [-0.39, 0.29) is 5.91 Å². The summed E-state index contributed by atoms with van der Waals surface area (Å²) in [6.07, 6.45) is 4.12. The Bertz CT molecular complexity index is 1000. The fourth-order valence-corrected chi connectivity index (χ4v) is 6.13. The lowest BCUT2D eigenvalue weighted by Crippen LogP contribution is -2.52. The zero-order chi connectivity index (χ0) is 22.6. The van der Waals surface area contributed by atoms with Crippen molar-refractivity contribution in [1.29, 1.82) is 0 Å². The second-order valence-electron chi connectivity index (χ2n) is 8.90. The Morgan fingerprint density at radius 1 is 0.938 bits per heavy atom. The van der Waals surface area contributed by atoms with E-state index in [0.717, 1.165) is 37.8 Å². The van der Waals surface area contributed by atoms with Crippen molar-refractivity contribution < 1.29 is 13.2 Å². The fraction of sp³-hybridized carbons (Fsp3) is 0.480. The summed E-state index contributed by atoms with van der Waals surface area (Å²) in [7, 11) is -3.48. The van der Waals surface area contributed by atoms with E-state index >= 15 is 0 Å². The van der Waals surface area contributed by atoms with Crippen molar-refractivity contribution in [2.45, 2.75) is 43.5 Å². The third-order valence-corrected chi connectivity index (χ3v) is 8.57. The molecule has 1 amide bonds. The molecule has 0 saturated carbocycles. The number of rotatable bonds is 7. The van der Waals surface area contributed by atoms with Gasteiger partial charge in [-0.25, -0.2) is 8.42 Å². The molecule has 0 aromatic heterocycles. The van der Waals surface area contributed by atoms with Gasteiger partial charge in [-0.05, 0) is 50.3 Å². The third kappa shape index (κ3) is 5.39. The maximum absolute atomic E-state index is 13.0. The van der Waals surface area contributed by atoms with E-state index in [9.17, 15) is 13.2 Å². The van der Waals surface area contributed by atoms with E-state index in [2.05, 4.69) is 34.1 Å². The van der Waals surface area contributed by atoms with Gasteiger partial charge >= 0.3 is 0 Å². The zero-order valence-corrected chi connectivity index (χ0v) is 19.6. The Kier molecular flexibility index (Phi) is 7.28.